The van der Waals surface area contributed by atoms with Crippen molar-refractivity contribution in [3.05, 3.63) is 65.6 Å². The van der Waals surface area contributed by atoms with Crippen molar-refractivity contribution in [2.75, 3.05) is 17.3 Å². The number of halogens is 1. The van der Waals surface area contributed by atoms with Crippen molar-refractivity contribution < 1.29 is 9.18 Å². The zero-order valence-electron chi connectivity index (χ0n) is 18.4. The van der Waals surface area contributed by atoms with Gasteiger partial charge in [0.15, 0.2) is 0 Å². The number of aromatic nitrogens is 1. The summed E-state index contributed by atoms with van der Waals surface area (Å²) in [5, 5.41) is 3.29. The Kier molecular flexibility index (Phi) is 6.20. The number of nitrogens with zero attached hydrogens (tertiary/aromatic N) is 2. The van der Waals surface area contributed by atoms with E-state index in [0.29, 0.717) is 17.3 Å². The Morgan fingerprint density at radius 2 is 1.67 bits per heavy atom. The van der Waals surface area contributed by atoms with E-state index < -0.39 is 0 Å². The van der Waals surface area contributed by atoms with Crippen LogP contribution in [0.15, 0.2) is 48.7 Å². The molecule has 1 aromatic heterocycles. The van der Waals surface area contributed by atoms with Crippen LogP contribution in [0.4, 0.5) is 15.9 Å². The Bertz CT molecular complexity index is 1070. The number of amides is 1. The lowest BCUT2D eigenvalue weighted by molar-refractivity contribution is -0.116. The first-order valence-electron chi connectivity index (χ1n) is 10.1. The van der Waals surface area contributed by atoms with Crippen molar-refractivity contribution in [3.63, 3.8) is 0 Å². The van der Waals surface area contributed by atoms with Crippen LogP contribution in [0.5, 0.6) is 0 Å². The summed E-state index contributed by atoms with van der Waals surface area (Å²) in [6.45, 7) is 9.61. The molecule has 0 saturated carbocycles. The first-order chi connectivity index (χ1) is 14.2. The summed E-state index contributed by atoms with van der Waals surface area (Å²) in [5.41, 5.74) is 6.03. The fourth-order valence-corrected chi connectivity index (χ4v) is 3.46. The lowest BCUT2D eigenvalue weighted by atomic mass is 9.92. The third-order valence-corrected chi connectivity index (χ3v) is 5.18. The molecule has 0 aliphatic heterocycles. The molecule has 156 valence electrons. The zero-order valence-corrected chi connectivity index (χ0v) is 18.4. The fraction of sp³-hybridized carbons (Fsp3) is 0.280. The summed E-state index contributed by atoms with van der Waals surface area (Å²) < 4.78 is 14.9. The summed E-state index contributed by atoms with van der Waals surface area (Å²) in [6, 6.07) is 13.3. The van der Waals surface area contributed by atoms with Gasteiger partial charge in [0, 0.05) is 43.0 Å². The Balaban J connectivity index is 1.96. The maximum atomic E-state index is 14.9. The topological polar surface area (TPSA) is 45.2 Å². The highest BCUT2D eigenvalue weighted by Gasteiger charge is 2.14. The van der Waals surface area contributed by atoms with Gasteiger partial charge in [0.05, 0.1) is 0 Å². The van der Waals surface area contributed by atoms with Crippen molar-refractivity contribution in [2.24, 2.45) is 0 Å². The van der Waals surface area contributed by atoms with Gasteiger partial charge in [-0.25, -0.2) is 9.37 Å². The highest BCUT2D eigenvalue weighted by atomic mass is 19.1. The van der Waals surface area contributed by atoms with Gasteiger partial charge >= 0.3 is 0 Å². The minimum absolute atomic E-state index is 0.137. The van der Waals surface area contributed by atoms with Crippen molar-refractivity contribution in [2.45, 2.75) is 40.7 Å². The number of rotatable bonds is 5. The standard InChI is InChI=1S/C25H28FN3O/c1-15(2)28-25-10-7-19(14-27-25)22-11-17(4)23(12-16(22)3)21-9-8-20(13-24(21)26)29(6)18(5)30/h7-15H,1-6H3,(H,27,28). The van der Waals surface area contributed by atoms with Gasteiger partial charge in [0.25, 0.3) is 0 Å². The summed E-state index contributed by atoms with van der Waals surface area (Å²) in [4.78, 5) is 17.5. The van der Waals surface area contributed by atoms with Gasteiger partial charge in [-0.05, 0) is 80.3 Å². The molecule has 4 nitrogen and oxygen atoms in total. The third kappa shape index (κ3) is 4.51. The van der Waals surface area contributed by atoms with E-state index in [1.54, 1.807) is 19.2 Å². The average molecular weight is 406 g/mol. The Labute approximate surface area is 177 Å². The number of hydrogen-bond donors (Lipinski definition) is 1. The Hall–Kier alpha value is -3.21. The van der Waals surface area contributed by atoms with Gasteiger partial charge in [0.1, 0.15) is 11.6 Å². The molecule has 0 atom stereocenters. The maximum absolute atomic E-state index is 14.9. The molecule has 1 N–H and O–H groups in total. The van der Waals surface area contributed by atoms with Crippen LogP contribution >= 0.6 is 0 Å². The number of hydrogen-bond acceptors (Lipinski definition) is 3. The van der Waals surface area contributed by atoms with Crippen LogP contribution in [0.3, 0.4) is 0 Å². The first-order valence-corrected chi connectivity index (χ1v) is 10.1. The van der Waals surface area contributed by atoms with E-state index in [9.17, 15) is 9.18 Å². The molecule has 0 fully saturated rings. The molecule has 0 radical (unpaired) electrons. The summed E-state index contributed by atoms with van der Waals surface area (Å²) in [5.74, 6) is 0.362. The molecule has 1 heterocycles. The smallest absolute Gasteiger partial charge is 0.223 e. The molecular formula is C25H28FN3O. The summed E-state index contributed by atoms with van der Waals surface area (Å²) in [7, 11) is 1.64. The van der Waals surface area contributed by atoms with Crippen LogP contribution in [-0.4, -0.2) is 24.0 Å². The van der Waals surface area contributed by atoms with Crippen LogP contribution in [0, 0.1) is 19.7 Å². The highest BCUT2D eigenvalue weighted by molar-refractivity contribution is 5.91. The minimum atomic E-state index is -0.346. The largest absolute Gasteiger partial charge is 0.368 e. The van der Waals surface area contributed by atoms with E-state index in [-0.39, 0.29) is 11.7 Å². The second-order valence-electron chi connectivity index (χ2n) is 7.96. The van der Waals surface area contributed by atoms with Gasteiger partial charge in [-0.3, -0.25) is 4.79 Å². The SMILES string of the molecule is CC(=O)N(C)c1ccc(-c2cc(C)c(-c3ccc(NC(C)C)nc3)cc2C)c(F)c1. The van der Waals surface area contributed by atoms with Crippen LogP contribution < -0.4 is 10.2 Å². The number of aryl methyl sites for hydroxylation is 2. The summed E-state index contributed by atoms with van der Waals surface area (Å²) in [6.07, 6.45) is 1.86. The Morgan fingerprint density at radius 3 is 2.23 bits per heavy atom. The molecule has 0 unspecified atom stereocenters. The molecular weight excluding hydrogens is 377 g/mol. The van der Waals surface area contributed by atoms with Gasteiger partial charge < -0.3 is 10.2 Å². The molecule has 30 heavy (non-hydrogen) atoms. The van der Waals surface area contributed by atoms with Gasteiger partial charge in [-0.15, -0.1) is 0 Å². The number of anilines is 2. The molecule has 2 aromatic carbocycles. The van der Waals surface area contributed by atoms with Crippen molar-refractivity contribution in [3.8, 4) is 22.3 Å². The zero-order chi connectivity index (χ0) is 22.0. The predicted molar refractivity (Wildman–Crippen MR) is 122 cm³/mol. The number of carbonyl (C=O) groups excluding carboxylic acids is 1. The van der Waals surface area contributed by atoms with E-state index in [0.717, 1.165) is 33.6 Å². The maximum Gasteiger partial charge on any atom is 0.223 e. The molecule has 0 aliphatic carbocycles. The number of pyridine rings is 1. The predicted octanol–water partition coefficient (Wildman–Crippen LogP) is 5.97. The lowest BCUT2D eigenvalue weighted by Gasteiger charge is -2.17. The van der Waals surface area contributed by atoms with Crippen molar-refractivity contribution in [1.29, 1.82) is 0 Å². The highest BCUT2D eigenvalue weighted by Crippen LogP contribution is 2.34. The van der Waals surface area contributed by atoms with E-state index in [2.05, 4.69) is 30.2 Å². The molecule has 3 aromatic rings. The second kappa shape index (κ2) is 8.66. The average Bonchev–Trinajstić information content (AvgIpc) is 2.69. The van der Waals surface area contributed by atoms with Crippen LogP contribution in [0.2, 0.25) is 0 Å². The molecule has 0 spiro atoms. The van der Waals surface area contributed by atoms with Gasteiger partial charge in [-0.1, -0.05) is 12.1 Å². The number of nitrogens with one attached hydrogen (secondary N) is 1. The summed E-state index contributed by atoms with van der Waals surface area (Å²) >= 11 is 0. The minimum Gasteiger partial charge on any atom is -0.368 e. The van der Waals surface area contributed by atoms with Crippen LogP contribution in [0.25, 0.3) is 22.3 Å². The number of carbonyl (C=O) groups is 1. The van der Waals surface area contributed by atoms with Crippen LogP contribution in [0.1, 0.15) is 31.9 Å². The monoisotopic (exact) mass is 405 g/mol. The Morgan fingerprint density at radius 1 is 1.00 bits per heavy atom. The van der Waals surface area contributed by atoms with E-state index in [1.807, 2.05) is 38.2 Å². The van der Waals surface area contributed by atoms with E-state index in [1.165, 1.54) is 17.9 Å². The lowest BCUT2D eigenvalue weighted by Crippen LogP contribution is -2.22. The molecule has 0 aliphatic rings. The second-order valence-corrected chi connectivity index (χ2v) is 7.96. The van der Waals surface area contributed by atoms with E-state index in [4.69, 9.17) is 0 Å². The molecule has 0 bridgehead atoms. The molecule has 1 amide bonds. The quantitative estimate of drug-likeness (QED) is 0.568. The van der Waals surface area contributed by atoms with Crippen molar-refractivity contribution >= 4 is 17.4 Å². The van der Waals surface area contributed by atoms with Gasteiger partial charge in [0.2, 0.25) is 5.91 Å². The third-order valence-electron chi connectivity index (χ3n) is 5.18. The first kappa shape index (κ1) is 21.5. The normalized spacial score (nSPS) is 10.9. The molecule has 0 saturated heterocycles. The fourth-order valence-electron chi connectivity index (χ4n) is 3.46. The van der Waals surface area contributed by atoms with Gasteiger partial charge in [-0.2, -0.15) is 0 Å². The van der Waals surface area contributed by atoms with Crippen molar-refractivity contribution in [1.82, 2.24) is 4.98 Å². The molecule has 5 heteroatoms. The molecule has 3 rings (SSSR count). The number of benzene rings is 2. The van der Waals surface area contributed by atoms with Crippen LogP contribution in [-0.2, 0) is 4.79 Å². The van der Waals surface area contributed by atoms with E-state index >= 15 is 0 Å².